The smallest absolute Gasteiger partial charge is 1.00 e. The molecule has 0 atom stereocenters. The molecule has 7 heteroatoms. The molecule has 0 spiro atoms. The first-order valence-electron chi connectivity index (χ1n) is 1.26. The van der Waals surface area contributed by atoms with E-state index in [4.69, 9.17) is 4.55 Å². The topological polar surface area (TPSA) is 63.6 Å². The molecule has 0 aliphatic carbocycles. The van der Waals surface area contributed by atoms with E-state index in [1.807, 2.05) is 0 Å². The molecule has 0 amide bonds. The Balaban J connectivity index is -0.000000180. The summed E-state index contributed by atoms with van der Waals surface area (Å²) >= 11 is 0.571. The summed E-state index contributed by atoms with van der Waals surface area (Å²) in [7, 11) is -4.21. The van der Waals surface area contributed by atoms with Gasteiger partial charge in [-0.15, -0.1) is 0 Å². The van der Waals surface area contributed by atoms with Crippen LogP contribution in [0.5, 0.6) is 0 Å². The van der Waals surface area contributed by atoms with E-state index in [1.165, 1.54) is 6.26 Å². The maximum atomic E-state index is 9.54. The summed E-state index contributed by atoms with van der Waals surface area (Å²) < 4.78 is 30.5. The maximum Gasteiger partial charge on any atom is 1.00 e. The van der Waals surface area contributed by atoms with Crippen molar-refractivity contribution in [3.63, 3.8) is 0 Å². The van der Waals surface area contributed by atoms with Crippen molar-refractivity contribution in [3.8, 4) is 0 Å². The van der Waals surface area contributed by atoms with Gasteiger partial charge in [0.1, 0.15) is 0 Å². The van der Waals surface area contributed by atoms with Crippen molar-refractivity contribution < 1.29 is 47.6 Å². The Bertz CT molecular complexity index is 132. The van der Waals surface area contributed by atoms with Crippen molar-refractivity contribution in [2.24, 2.45) is 0 Å². The zero-order chi connectivity index (χ0) is 5.91. The SMILES string of the molecule is CSOS(=O)(=O)O.[H-].[Na+]. The van der Waals surface area contributed by atoms with Crippen LogP contribution in [-0.2, 0) is 14.0 Å². The van der Waals surface area contributed by atoms with Crippen LogP contribution in [0.15, 0.2) is 0 Å². The maximum absolute atomic E-state index is 9.54. The zero-order valence-corrected chi connectivity index (χ0v) is 8.12. The summed E-state index contributed by atoms with van der Waals surface area (Å²) in [5, 5.41) is 0. The van der Waals surface area contributed by atoms with Crippen molar-refractivity contribution in [1.29, 1.82) is 0 Å². The standard InChI is InChI=1S/CH4O4S2.Na.H/c1-6-5-7(2,3)4;;/h1H3,(H,2,3,4);;/q;+1;-1. The first-order valence-corrected chi connectivity index (χ1v) is 3.77. The van der Waals surface area contributed by atoms with Crippen LogP contribution in [0.4, 0.5) is 0 Å². The predicted molar refractivity (Wildman–Crippen MR) is 27.3 cm³/mol. The predicted octanol–water partition coefficient (Wildman–Crippen LogP) is -2.80. The van der Waals surface area contributed by atoms with Crippen LogP contribution < -0.4 is 29.6 Å². The molecule has 0 heterocycles. The fourth-order valence-corrected chi connectivity index (χ4v) is 0.774. The third kappa shape index (κ3) is 10.3. The van der Waals surface area contributed by atoms with Crippen molar-refractivity contribution in [2.45, 2.75) is 0 Å². The second-order valence-electron chi connectivity index (χ2n) is 0.662. The molecule has 0 saturated carbocycles. The minimum Gasteiger partial charge on any atom is -1.00 e. The molecule has 0 aliphatic rings. The van der Waals surface area contributed by atoms with E-state index in [2.05, 4.69) is 3.63 Å². The Morgan fingerprint density at radius 2 is 2.12 bits per heavy atom. The largest absolute Gasteiger partial charge is 1.00 e. The molecule has 8 heavy (non-hydrogen) atoms. The fourth-order valence-electron chi connectivity index (χ4n) is 0.0860. The molecule has 4 nitrogen and oxygen atoms in total. The van der Waals surface area contributed by atoms with Crippen LogP contribution in [0.2, 0.25) is 0 Å². The fraction of sp³-hybridized carbons (Fsp3) is 1.00. The van der Waals surface area contributed by atoms with Crippen LogP contribution in [0, 0.1) is 0 Å². The average Bonchev–Trinajstić information content (AvgIpc) is 1.30. The molecule has 0 aromatic rings. The van der Waals surface area contributed by atoms with Crippen molar-refractivity contribution in [2.75, 3.05) is 6.26 Å². The van der Waals surface area contributed by atoms with Gasteiger partial charge in [0.05, 0.1) is 0 Å². The Kier molecular flexibility index (Phi) is 7.53. The van der Waals surface area contributed by atoms with E-state index in [1.54, 1.807) is 0 Å². The van der Waals surface area contributed by atoms with Gasteiger partial charge in [0.25, 0.3) is 0 Å². The Hall–Kier alpha value is 1.22. The Morgan fingerprint density at radius 3 is 2.12 bits per heavy atom. The summed E-state index contributed by atoms with van der Waals surface area (Å²) in [6.45, 7) is 0. The Labute approximate surface area is 75.9 Å². The molecule has 0 aliphatic heterocycles. The molecule has 0 rings (SSSR count). The molecule has 0 unspecified atom stereocenters. The van der Waals surface area contributed by atoms with Crippen LogP contribution in [0.3, 0.4) is 0 Å². The zero-order valence-electron chi connectivity index (χ0n) is 5.49. The van der Waals surface area contributed by atoms with Gasteiger partial charge in [-0.1, -0.05) is 0 Å². The first-order chi connectivity index (χ1) is 3.06. The minimum absolute atomic E-state index is 0. The van der Waals surface area contributed by atoms with Gasteiger partial charge >= 0.3 is 40.0 Å². The molecule has 0 saturated heterocycles. The van der Waals surface area contributed by atoms with Gasteiger partial charge in [0, 0.05) is 18.3 Å². The van der Waals surface area contributed by atoms with E-state index in [-0.39, 0.29) is 31.0 Å². The van der Waals surface area contributed by atoms with E-state index in [0.717, 1.165) is 0 Å². The quantitative estimate of drug-likeness (QED) is 0.274. The molecule has 1 N–H and O–H groups in total. The van der Waals surface area contributed by atoms with Gasteiger partial charge in [0.15, 0.2) is 0 Å². The average molecular weight is 168 g/mol. The van der Waals surface area contributed by atoms with Crippen LogP contribution >= 0.6 is 12.0 Å². The monoisotopic (exact) mass is 168 g/mol. The molecule has 0 fully saturated rings. The number of hydrogen-bond donors (Lipinski definition) is 1. The van der Waals surface area contributed by atoms with Crippen LogP contribution in [-0.4, -0.2) is 19.2 Å². The van der Waals surface area contributed by atoms with Gasteiger partial charge in [-0.25, -0.2) is 0 Å². The summed E-state index contributed by atoms with van der Waals surface area (Å²) in [5.41, 5.74) is 0. The van der Waals surface area contributed by atoms with E-state index in [0.29, 0.717) is 12.0 Å². The van der Waals surface area contributed by atoms with E-state index >= 15 is 0 Å². The molecular weight excluding hydrogens is 163 g/mol. The summed E-state index contributed by atoms with van der Waals surface area (Å²) in [6, 6.07) is 0. The van der Waals surface area contributed by atoms with Gasteiger partial charge in [-0.05, 0) is 0 Å². The van der Waals surface area contributed by atoms with E-state index < -0.39 is 10.4 Å². The number of hydrogen-bond acceptors (Lipinski definition) is 4. The van der Waals surface area contributed by atoms with Gasteiger partial charge < -0.3 is 1.43 Å². The van der Waals surface area contributed by atoms with Gasteiger partial charge in [-0.3, -0.25) is 4.55 Å². The molecule has 0 radical (unpaired) electrons. The third-order valence-corrected chi connectivity index (χ3v) is 1.39. The van der Waals surface area contributed by atoms with Gasteiger partial charge in [0.2, 0.25) is 0 Å². The molecular formula is CH5NaO4S2. The summed E-state index contributed by atoms with van der Waals surface area (Å²) in [5.74, 6) is 0. The van der Waals surface area contributed by atoms with Gasteiger partial charge in [-0.2, -0.15) is 12.0 Å². The first kappa shape index (κ1) is 12.0. The molecule has 0 aromatic carbocycles. The van der Waals surface area contributed by atoms with Crippen molar-refractivity contribution in [3.05, 3.63) is 0 Å². The molecule has 0 aromatic heterocycles. The van der Waals surface area contributed by atoms with Crippen LogP contribution in [0.1, 0.15) is 1.43 Å². The Morgan fingerprint density at radius 1 is 1.75 bits per heavy atom. The van der Waals surface area contributed by atoms with Crippen molar-refractivity contribution in [1.82, 2.24) is 0 Å². The van der Waals surface area contributed by atoms with E-state index in [9.17, 15) is 8.42 Å². The number of rotatable bonds is 2. The minimum atomic E-state index is -4.21. The summed E-state index contributed by atoms with van der Waals surface area (Å²) in [4.78, 5) is 0. The summed E-state index contributed by atoms with van der Waals surface area (Å²) in [6.07, 6.45) is 1.38. The molecule has 0 bridgehead atoms. The third-order valence-electron chi connectivity index (χ3n) is 0.154. The molecule has 46 valence electrons. The normalized spacial score (nSPS) is 10.2. The second-order valence-corrected chi connectivity index (χ2v) is 2.40. The second kappa shape index (κ2) is 5.04. The van der Waals surface area contributed by atoms with Crippen LogP contribution in [0.25, 0.3) is 0 Å². The van der Waals surface area contributed by atoms with Crippen molar-refractivity contribution >= 4 is 22.4 Å².